The van der Waals surface area contributed by atoms with Crippen LogP contribution in [-0.2, 0) is 20.1 Å². The molecule has 1 aliphatic heterocycles. The number of H-pyrrole nitrogens is 1. The first-order valence-electron chi connectivity index (χ1n) is 16.4. The number of nitrogens with zero attached hydrogens (tertiary/aromatic N) is 4. The third kappa shape index (κ3) is 7.52. The van der Waals surface area contributed by atoms with Gasteiger partial charge < -0.3 is 19.9 Å². The first-order valence-corrected chi connectivity index (χ1v) is 16.8. The van der Waals surface area contributed by atoms with Crippen LogP contribution in [0, 0.1) is 6.92 Å². The number of hydrogen-bond donors (Lipinski definition) is 2. The summed E-state index contributed by atoms with van der Waals surface area (Å²) in [5, 5.41) is 6.46. The van der Waals surface area contributed by atoms with E-state index in [0.29, 0.717) is 28.2 Å². The normalized spacial score (nSPS) is 18.7. The Morgan fingerprint density at radius 2 is 1.73 bits per heavy atom. The van der Waals surface area contributed by atoms with Gasteiger partial charge in [0.05, 0.1) is 19.2 Å². The highest BCUT2D eigenvalue weighted by Crippen LogP contribution is 2.34. The number of amides is 1. The molecule has 10 heteroatoms. The number of halogens is 1. The van der Waals surface area contributed by atoms with E-state index in [2.05, 4.69) is 51.2 Å². The van der Waals surface area contributed by atoms with Gasteiger partial charge in [-0.15, -0.1) is 0 Å². The van der Waals surface area contributed by atoms with E-state index in [0.717, 1.165) is 87.5 Å². The summed E-state index contributed by atoms with van der Waals surface area (Å²) in [6.45, 7) is 7.91. The number of ether oxygens (including phenoxy) is 1. The number of piperidine rings is 1. The van der Waals surface area contributed by atoms with E-state index < -0.39 is 0 Å². The molecule has 2 aliphatic rings. The Bertz CT molecular complexity index is 1500. The number of carbonyl (C=O) groups is 1. The molecule has 2 fully saturated rings. The summed E-state index contributed by atoms with van der Waals surface area (Å²) >= 11 is 6.65. The molecule has 1 aliphatic carbocycles. The summed E-state index contributed by atoms with van der Waals surface area (Å²) in [7, 11) is 5.77. The van der Waals surface area contributed by atoms with Crippen LogP contribution in [-0.4, -0.2) is 66.5 Å². The van der Waals surface area contributed by atoms with Crippen LogP contribution >= 0.6 is 11.6 Å². The average molecular weight is 637 g/mol. The van der Waals surface area contributed by atoms with Gasteiger partial charge in [-0.2, -0.15) is 0 Å². The maximum Gasteiger partial charge on any atom is 0.271 e. The van der Waals surface area contributed by atoms with Crippen molar-refractivity contribution in [3.8, 4) is 5.75 Å². The van der Waals surface area contributed by atoms with Gasteiger partial charge >= 0.3 is 0 Å². The molecule has 1 amide bonds. The van der Waals surface area contributed by atoms with Crippen LogP contribution in [0.5, 0.6) is 5.75 Å². The lowest BCUT2D eigenvalue weighted by atomic mass is 9.88. The van der Waals surface area contributed by atoms with Gasteiger partial charge in [0.1, 0.15) is 11.6 Å². The number of nitrogens with one attached hydrogen (secondary N) is 2. The number of carbonyl (C=O) groups excluding carboxylic acids is 1. The molecule has 0 unspecified atom stereocenters. The van der Waals surface area contributed by atoms with Crippen LogP contribution in [0.1, 0.15) is 78.9 Å². The van der Waals surface area contributed by atoms with Gasteiger partial charge in [0.25, 0.3) is 11.5 Å². The molecule has 1 aromatic heterocycles. The molecule has 3 aromatic rings. The molecule has 0 bridgehead atoms. The van der Waals surface area contributed by atoms with Crippen molar-refractivity contribution >= 4 is 29.0 Å². The zero-order valence-electron chi connectivity index (χ0n) is 27.5. The van der Waals surface area contributed by atoms with Gasteiger partial charge in [-0.25, -0.2) is 0 Å². The predicted molar refractivity (Wildman–Crippen MR) is 183 cm³/mol. The number of aryl methyl sites for hydroxylation is 1. The quantitative estimate of drug-likeness (QED) is 0.274. The Kier molecular flexibility index (Phi) is 10.8. The lowest BCUT2D eigenvalue weighted by Gasteiger charge is -2.41. The molecule has 1 saturated heterocycles. The second-order valence-corrected chi connectivity index (χ2v) is 13.1. The Morgan fingerprint density at radius 1 is 1.07 bits per heavy atom. The van der Waals surface area contributed by atoms with Crippen LogP contribution in [0.4, 0.5) is 11.5 Å². The van der Waals surface area contributed by atoms with Crippen LogP contribution in [0.2, 0.25) is 5.02 Å². The third-order valence-electron chi connectivity index (χ3n) is 9.77. The SMILES string of the molecule is CCN(c1cc(Cl)cc(C(=O)NCc2c(N3CCCCC3)n(C)[nH]c2=O)c1C)C1CCC(N(C)Cc2ccc(OC)cc2)CC1. The molecule has 9 nitrogen and oxygen atoms in total. The summed E-state index contributed by atoms with van der Waals surface area (Å²) in [6.07, 6.45) is 7.80. The van der Waals surface area contributed by atoms with E-state index in [4.69, 9.17) is 16.3 Å². The van der Waals surface area contributed by atoms with E-state index in [-0.39, 0.29) is 18.0 Å². The Balaban J connectivity index is 1.25. The van der Waals surface area contributed by atoms with Gasteiger partial charge in [-0.05, 0) is 101 Å². The number of aromatic nitrogens is 2. The van der Waals surface area contributed by atoms with E-state index in [1.165, 1.54) is 12.0 Å². The molecule has 0 radical (unpaired) electrons. The van der Waals surface area contributed by atoms with E-state index >= 15 is 0 Å². The standard InChI is InChI=1S/C35H49ClN6O3/c1-6-42(28-14-12-27(13-15-28)39(3)23-25-10-16-29(45-5)17-11-25)32-21-26(36)20-30(24(32)2)33(43)37-22-31-34(44)38-40(4)35(31)41-18-8-7-9-19-41/h10-11,16-17,20-21,27-28H,6-9,12-15,18-19,22-23H2,1-5H3,(H,37,43)(H,38,44). The van der Waals surface area contributed by atoms with Crippen LogP contribution in [0.25, 0.3) is 0 Å². The molecule has 1 saturated carbocycles. The number of anilines is 2. The second kappa shape index (κ2) is 14.8. The Morgan fingerprint density at radius 3 is 2.38 bits per heavy atom. The molecule has 0 spiro atoms. The topological polar surface area (TPSA) is 85.8 Å². The fourth-order valence-corrected chi connectivity index (χ4v) is 7.50. The monoisotopic (exact) mass is 636 g/mol. The molecule has 244 valence electrons. The van der Waals surface area contributed by atoms with Gasteiger partial charge in [0.2, 0.25) is 0 Å². The summed E-state index contributed by atoms with van der Waals surface area (Å²) < 4.78 is 7.09. The Labute approximate surface area is 272 Å². The number of aromatic amines is 1. The van der Waals surface area contributed by atoms with Crippen molar-refractivity contribution in [2.45, 2.75) is 84.0 Å². The Hall–Kier alpha value is -3.43. The maximum absolute atomic E-state index is 13.6. The zero-order chi connectivity index (χ0) is 32.1. The van der Waals surface area contributed by atoms with Crippen LogP contribution < -0.4 is 25.4 Å². The molecular weight excluding hydrogens is 588 g/mol. The van der Waals surface area contributed by atoms with E-state index in [1.54, 1.807) is 17.9 Å². The maximum atomic E-state index is 13.6. The molecule has 2 N–H and O–H groups in total. The number of benzene rings is 2. The molecule has 45 heavy (non-hydrogen) atoms. The van der Waals surface area contributed by atoms with Crippen molar-refractivity contribution in [2.24, 2.45) is 7.05 Å². The fourth-order valence-electron chi connectivity index (χ4n) is 7.29. The fraction of sp³-hybridized carbons (Fsp3) is 0.543. The smallest absolute Gasteiger partial charge is 0.271 e. The lowest BCUT2D eigenvalue weighted by molar-refractivity contribution is 0.0950. The van der Waals surface area contributed by atoms with Crippen LogP contribution in [0.15, 0.2) is 41.2 Å². The molecule has 2 heterocycles. The number of rotatable bonds is 11. The van der Waals surface area contributed by atoms with E-state index in [1.807, 2.05) is 32.2 Å². The minimum atomic E-state index is -0.219. The largest absolute Gasteiger partial charge is 0.497 e. The second-order valence-electron chi connectivity index (χ2n) is 12.6. The number of methoxy groups -OCH3 is 1. The summed E-state index contributed by atoms with van der Waals surface area (Å²) in [4.78, 5) is 33.6. The first kappa shape index (κ1) is 32.9. The summed E-state index contributed by atoms with van der Waals surface area (Å²) in [5.74, 6) is 1.53. The highest BCUT2D eigenvalue weighted by Gasteiger charge is 2.29. The number of hydrogen-bond acceptors (Lipinski definition) is 6. The van der Waals surface area contributed by atoms with Gasteiger partial charge in [-0.3, -0.25) is 24.3 Å². The van der Waals surface area contributed by atoms with Gasteiger partial charge in [0, 0.05) is 61.6 Å². The van der Waals surface area contributed by atoms with Crippen molar-refractivity contribution in [2.75, 3.05) is 43.6 Å². The van der Waals surface area contributed by atoms with Crippen LogP contribution in [0.3, 0.4) is 0 Å². The minimum absolute atomic E-state index is 0.160. The van der Waals surface area contributed by atoms with Gasteiger partial charge in [-0.1, -0.05) is 23.7 Å². The predicted octanol–water partition coefficient (Wildman–Crippen LogP) is 5.87. The lowest BCUT2D eigenvalue weighted by Crippen LogP contribution is -2.43. The molecular formula is C35H49ClN6O3. The molecule has 0 atom stereocenters. The minimum Gasteiger partial charge on any atom is -0.497 e. The average Bonchev–Trinajstić information content (AvgIpc) is 3.34. The van der Waals surface area contributed by atoms with Crippen molar-refractivity contribution in [1.82, 2.24) is 20.0 Å². The van der Waals surface area contributed by atoms with E-state index in [9.17, 15) is 9.59 Å². The summed E-state index contributed by atoms with van der Waals surface area (Å²) in [5.41, 5.74) is 4.19. The highest BCUT2D eigenvalue weighted by atomic mass is 35.5. The van der Waals surface area contributed by atoms with Crippen molar-refractivity contribution < 1.29 is 9.53 Å². The van der Waals surface area contributed by atoms with Crippen molar-refractivity contribution in [3.63, 3.8) is 0 Å². The zero-order valence-corrected chi connectivity index (χ0v) is 28.3. The third-order valence-corrected chi connectivity index (χ3v) is 9.99. The highest BCUT2D eigenvalue weighted by molar-refractivity contribution is 6.31. The summed E-state index contributed by atoms with van der Waals surface area (Å²) in [6, 6.07) is 13.0. The van der Waals surface area contributed by atoms with Crippen molar-refractivity contribution in [3.05, 3.63) is 74.0 Å². The molecule has 2 aromatic carbocycles. The molecule has 5 rings (SSSR count). The van der Waals surface area contributed by atoms with Gasteiger partial charge in [0.15, 0.2) is 0 Å². The first-order chi connectivity index (χ1) is 21.7. The van der Waals surface area contributed by atoms with Crippen molar-refractivity contribution in [1.29, 1.82) is 0 Å².